The Labute approximate surface area is 166 Å². The molecule has 1 unspecified atom stereocenters. The SMILES string of the molecule is CN=C(NCCN1CCN(C(C)=O)CC1)NCC1CC(=O)Nc2ccccc21. The van der Waals surface area contributed by atoms with Crippen LogP contribution in [0, 0.1) is 0 Å². The molecule has 0 aliphatic carbocycles. The van der Waals surface area contributed by atoms with Crippen molar-refractivity contribution in [3.05, 3.63) is 29.8 Å². The van der Waals surface area contributed by atoms with Crippen LogP contribution in [-0.4, -0.2) is 80.4 Å². The number of hydrogen-bond acceptors (Lipinski definition) is 4. The highest BCUT2D eigenvalue weighted by Crippen LogP contribution is 2.31. The van der Waals surface area contributed by atoms with Gasteiger partial charge in [0.1, 0.15) is 0 Å². The Morgan fingerprint density at radius 1 is 1.21 bits per heavy atom. The quantitative estimate of drug-likeness (QED) is 0.505. The van der Waals surface area contributed by atoms with Crippen molar-refractivity contribution in [3.63, 3.8) is 0 Å². The summed E-state index contributed by atoms with van der Waals surface area (Å²) < 4.78 is 0. The van der Waals surface area contributed by atoms with Crippen molar-refractivity contribution in [1.82, 2.24) is 20.4 Å². The van der Waals surface area contributed by atoms with E-state index in [0.29, 0.717) is 13.0 Å². The van der Waals surface area contributed by atoms with Crippen LogP contribution < -0.4 is 16.0 Å². The minimum atomic E-state index is 0.0538. The average Bonchev–Trinajstić information content (AvgIpc) is 2.70. The highest BCUT2D eigenvalue weighted by Gasteiger charge is 2.24. The fourth-order valence-electron chi connectivity index (χ4n) is 3.74. The van der Waals surface area contributed by atoms with Crippen LogP contribution in [0.25, 0.3) is 0 Å². The molecule has 28 heavy (non-hydrogen) atoms. The average molecular weight is 387 g/mol. The van der Waals surface area contributed by atoms with Gasteiger partial charge in [0.25, 0.3) is 0 Å². The first-order valence-electron chi connectivity index (χ1n) is 9.88. The number of nitrogens with one attached hydrogen (secondary N) is 3. The number of guanidine groups is 1. The minimum absolute atomic E-state index is 0.0538. The summed E-state index contributed by atoms with van der Waals surface area (Å²) in [7, 11) is 1.75. The standard InChI is InChI=1S/C20H30N6O2/c1-15(27)26-11-9-25(10-12-26)8-7-22-20(21-2)23-14-16-13-19(28)24-18-6-4-3-5-17(16)18/h3-6,16H,7-14H2,1-2H3,(H,24,28)(H2,21,22,23). The number of carbonyl (C=O) groups is 2. The van der Waals surface area contributed by atoms with Gasteiger partial charge in [-0.3, -0.25) is 19.5 Å². The lowest BCUT2D eigenvalue weighted by Gasteiger charge is -2.34. The second-order valence-electron chi connectivity index (χ2n) is 7.26. The number of aliphatic imine (C=N–C) groups is 1. The van der Waals surface area contributed by atoms with Crippen LogP contribution in [0.3, 0.4) is 0 Å². The molecule has 2 amide bonds. The van der Waals surface area contributed by atoms with Crippen molar-refractivity contribution < 1.29 is 9.59 Å². The zero-order valence-corrected chi connectivity index (χ0v) is 16.7. The number of rotatable bonds is 5. The summed E-state index contributed by atoms with van der Waals surface area (Å²) in [6.07, 6.45) is 0.474. The molecular weight excluding hydrogens is 356 g/mol. The first-order valence-corrected chi connectivity index (χ1v) is 9.88. The van der Waals surface area contributed by atoms with Crippen molar-refractivity contribution in [1.29, 1.82) is 0 Å². The molecule has 1 saturated heterocycles. The van der Waals surface area contributed by atoms with E-state index in [0.717, 1.165) is 56.5 Å². The summed E-state index contributed by atoms with van der Waals surface area (Å²) >= 11 is 0. The molecule has 2 aliphatic rings. The molecule has 1 aromatic carbocycles. The predicted molar refractivity (Wildman–Crippen MR) is 110 cm³/mol. The van der Waals surface area contributed by atoms with Gasteiger partial charge in [-0.15, -0.1) is 0 Å². The molecule has 8 heteroatoms. The Morgan fingerprint density at radius 3 is 2.68 bits per heavy atom. The Hall–Kier alpha value is -2.61. The van der Waals surface area contributed by atoms with E-state index in [1.165, 1.54) is 0 Å². The zero-order valence-electron chi connectivity index (χ0n) is 16.7. The summed E-state index contributed by atoms with van der Waals surface area (Å²) in [6, 6.07) is 7.95. The molecule has 8 nitrogen and oxygen atoms in total. The number of para-hydroxylation sites is 1. The monoisotopic (exact) mass is 386 g/mol. The summed E-state index contributed by atoms with van der Waals surface area (Å²) in [6.45, 7) is 7.37. The maximum Gasteiger partial charge on any atom is 0.225 e. The first-order chi connectivity index (χ1) is 13.6. The third-order valence-electron chi connectivity index (χ3n) is 5.38. The van der Waals surface area contributed by atoms with Gasteiger partial charge >= 0.3 is 0 Å². The van der Waals surface area contributed by atoms with E-state index in [9.17, 15) is 9.59 Å². The van der Waals surface area contributed by atoms with Crippen molar-refractivity contribution >= 4 is 23.5 Å². The predicted octanol–water partition coefficient (Wildman–Crippen LogP) is 0.442. The van der Waals surface area contributed by atoms with Crippen molar-refractivity contribution in [2.24, 2.45) is 4.99 Å². The zero-order chi connectivity index (χ0) is 19.9. The van der Waals surface area contributed by atoms with Crippen LogP contribution in [0.1, 0.15) is 24.8 Å². The number of carbonyl (C=O) groups excluding carboxylic acids is 2. The summed E-state index contributed by atoms with van der Waals surface area (Å²) in [4.78, 5) is 31.9. The summed E-state index contributed by atoms with van der Waals surface area (Å²) in [5.74, 6) is 1.08. The van der Waals surface area contributed by atoms with Crippen LogP contribution in [0.2, 0.25) is 0 Å². The van der Waals surface area contributed by atoms with E-state index >= 15 is 0 Å². The summed E-state index contributed by atoms with van der Waals surface area (Å²) in [5, 5.41) is 9.62. The van der Waals surface area contributed by atoms with Crippen LogP contribution in [-0.2, 0) is 9.59 Å². The molecule has 0 saturated carbocycles. The van der Waals surface area contributed by atoms with Gasteiger partial charge in [-0.2, -0.15) is 0 Å². The highest BCUT2D eigenvalue weighted by molar-refractivity contribution is 5.94. The number of nitrogens with zero attached hydrogens (tertiary/aromatic N) is 3. The van der Waals surface area contributed by atoms with Crippen molar-refractivity contribution in [2.45, 2.75) is 19.3 Å². The van der Waals surface area contributed by atoms with Crippen LogP contribution in [0.4, 0.5) is 5.69 Å². The number of anilines is 1. The fraction of sp³-hybridized carbons (Fsp3) is 0.550. The number of piperazine rings is 1. The third-order valence-corrected chi connectivity index (χ3v) is 5.38. The molecule has 0 radical (unpaired) electrons. The van der Waals surface area contributed by atoms with Gasteiger partial charge in [0, 0.05) is 77.8 Å². The van der Waals surface area contributed by atoms with Gasteiger partial charge in [0.2, 0.25) is 11.8 Å². The van der Waals surface area contributed by atoms with Gasteiger partial charge in [0.15, 0.2) is 5.96 Å². The molecule has 3 N–H and O–H groups in total. The lowest BCUT2D eigenvalue weighted by molar-refractivity contribution is -0.130. The molecule has 1 atom stereocenters. The number of amides is 2. The van der Waals surface area contributed by atoms with E-state index in [4.69, 9.17) is 0 Å². The number of benzene rings is 1. The molecule has 1 fully saturated rings. The highest BCUT2D eigenvalue weighted by atomic mass is 16.2. The number of fused-ring (bicyclic) bond motifs is 1. The van der Waals surface area contributed by atoms with Gasteiger partial charge in [-0.1, -0.05) is 18.2 Å². The topological polar surface area (TPSA) is 89.1 Å². The second-order valence-corrected chi connectivity index (χ2v) is 7.26. The first kappa shape index (κ1) is 20.1. The van der Waals surface area contributed by atoms with Gasteiger partial charge in [0.05, 0.1) is 0 Å². The van der Waals surface area contributed by atoms with Crippen molar-refractivity contribution in [2.75, 3.05) is 58.2 Å². The molecule has 152 valence electrons. The minimum Gasteiger partial charge on any atom is -0.356 e. The lowest BCUT2D eigenvalue weighted by Crippen LogP contribution is -2.50. The Bertz CT molecular complexity index is 727. The Morgan fingerprint density at radius 2 is 1.96 bits per heavy atom. The van der Waals surface area contributed by atoms with E-state index in [2.05, 4.69) is 31.9 Å². The molecule has 0 spiro atoms. The van der Waals surface area contributed by atoms with E-state index in [-0.39, 0.29) is 17.7 Å². The third kappa shape index (κ3) is 5.22. The van der Waals surface area contributed by atoms with Crippen LogP contribution in [0.15, 0.2) is 29.3 Å². The van der Waals surface area contributed by atoms with Gasteiger partial charge in [-0.25, -0.2) is 0 Å². The van der Waals surface area contributed by atoms with E-state index in [1.807, 2.05) is 23.1 Å². The maximum absolute atomic E-state index is 11.9. The maximum atomic E-state index is 11.9. The van der Waals surface area contributed by atoms with Crippen molar-refractivity contribution in [3.8, 4) is 0 Å². The molecule has 0 aromatic heterocycles. The molecule has 0 bridgehead atoms. The number of hydrogen-bond donors (Lipinski definition) is 3. The second kappa shape index (κ2) is 9.54. The fourth-order valence-corrected chi connectivity index (χ4v) is 3.74. The Kier molecular flexibility index (Phi) is 6.86. The van der Waals surface area contributed by atoms with E-state index < -0.39 is 0 Å². The smallest absolute Gasteiger partial charge is 0.225 e. The summed E-state index contributed by atoms with van der Waals surface area (Å²) in [5.41, 5.74) is 2.06. The van der Waals surface area contributed by atoms with Crippen LogP contribution >= 0.6 is 0 Å². The molecule has 1 aromatic rings. The molecule has 2 heterocycles. The molecule has 2 aliphatic heterocycles. The molecular formula is C20H30N6O2. The lowest BCUT2D eigenvalue weighted by atomic mass is 9.90. The van der Waals surface area contributed by atoms with Gasteiger partial charge < -0.3 is 20.9 Å². The van der Waals surface area contributed by atoms with Crippen LogP contribution in [0.5, 0.6) is 0 Å². The normalized spacial score (nSPS) is 20.4. The largest absolute Gasteiger partial charge is 0.356 e. The Balaban J connectivity index is 1.42. The van der Waals surface area contributed by atoms with E-state index in [1.54, 1.807) is 14.0 Å². The van der Waals surface area contributed by atoms with Gasteiger partial charge in [-0.05, 0) is 11.6 Å². The molecule has 3 rings (SSSR count).